The summed E-state index contributed by atoms with van der Waals surface area (Å²) in [6.07, 6.45) is 0.904. The van der Waals surface area contributed by atoms with Crippen LogP contribution < -0.4 is 10.2 Å². The van der Waals surface area contributed by atoms with Crippen molar-refractivity contribution in [2.75, 3.05) is 18.5 Å². The largest absolute Gasteiger partial charge is 0.326 e. The third-order valence-electron chi connectivity index (χ3n) is 3.47. The van der Waals surface area contributed by atoms with Crippen molar-refractivity contribution in [1.82, 2.24) is 10.3 Å². The van der Waals surface area contributed by atoms with E-state index in [9.17, 15) is 4.39 Å². The minimum atomic E-state index is -0.222. The van der Waals surface area contributed by atoms with Crippen LogP contribution in [0.3, 0.4) is 0 Å². The predicted molar refractivity (Wildman–Crippen MR) is 79.1 cm³/mol. The molecule has 0 radical (unpaired) electrons. The van der Waals surface area contributed by atoms with Gasteiger partial charge in [-0.25, -0.2) is 9.37 Å². The van der Waals surface area contributed by atoms with Crippen LogP contribution in [0, 0.1) is 5.82 Å². The van der Waals surface area contributed by atoms with E-state index in [2.05, 4.69) is 10.3 Å². The molecule has 0 fully saturated rings. The second-order valence-corrected chi connectivity index (χ2v) is 5.21. The normalized spacial score (nSPS) is 13.7. The maximum absolute atomic E-state index is 13.4. The number of anilines is 2. The van der Waals surface area contributed by atoms with Gasteiger partial charge in [0.15, 0.2) is 0 Å². The fourth-order valence-corrected chi connectivity index (χ4v) is 2.68. The van der Waals surface area contributed by atoms with Crippen molar-refractivity contribution >= 4 is 23.1 Å². The number of pyridine rings is 1. The fraction of sp³-hybridized carbons (Fsp3) is 0.267. The number of hydrogen-bond acceptors (Lipinski definition) is 3. The lowest BCUT2D eigenvalue weighted by atomic mass is 10.2. The van der Waals surface area contributed by atoms with Crippen molar-refractivity contribution < 1.29 is 4.39 Å². The molecule has 1 aromatic heterocycles. The third kappa shape index (κ3) is 2.37. The van der Waals surface area contributed by atoms with Crippen LogP contribution in [0.5, 0.6) is 0 Å². The number of rotatable bonds is 3. The number of hydrogen-bond donors (Lipinski definition) is 1. The third-order valence-corrected chi connectivity index (χ3v) is 3.81. The first-order chi connectivity index (χ1) is 9.69. The highest BCUT2D eigenvalue weighted by Crippen LogP contribution is 2.34. The Bertz CT molecular complexity index is 645. The van der Waals surface area contributed by atoms with Crippen molar-refractivity contribution in [3.8, 4) is 0 Å². The first-order valence-electron chi connectivity index (χ1n) is 6.55. The van der Waals surface area contributed by atoms with Crippen LogP contribution >= 0.6 is 11.6 Å². The van der Waals surface area contributed by atoms with E-state index >= 15 is 0 Å². The molecule has 0 atom stereocenters. The molecule has 0 bridgehead atoms. The Hall–Kier alpha value is -1.65. The zero-order valence-electron chi connectivity index (χ0n) is 11.2. The van der Waals surface area contributed by atoms with E-state index in [4.69, 9.17) is 11.6 Å². The van der Waals surface area contributed by atoms with Gasteiger partial charge in [-0.15, -0.1) is 0 Å². The number of fused-ring (bicyclic) bond motifs is 1. The van der Waals surface area contributed by atoms with E-state index in [1.165, 1.54) is 6.07 Å². The van der Waals surface area contributed by atoms with Gasteiger partial charge in [0, 0.05) is 18.8 Å². The first-order valence-corrected chi connectivity index (χ1v) is 6.93. The van der Waals surface area contributed by atoms with Gasteiger partial charge in [-0.3, -0.25) is 0 Å². The van der Waals surface area contributed by atoms with Crippen LogP contribution in [-0.2, 0) is 13.0 Å². The van der Waals surface area contributed by atoms with E-state index < -0.39 is 0 Å². The second kappa shape index (κ2) is 5.38. The molecule has 20 heavy (non-hydrogen) atoms. The first kappa shape index (κ1) is 13.3. The van der Waals surface area contributed by atoms with Crippen LogP contribution in [0.1, 0.15) is 11.3 Å². The van der Waals surface area contributed by atoms with Gasteiger partial charge in [0.25, 0.3) is 0 Å². The summed E-state index contributed by atoms with van der Waals surface area (Å²) in [6.45, 7) is 1.42. The minimum Gasteiger partial charge on any atom is -0.326 e. The molecule has 3 rings (SSSR count). The average Bonchev–Trinajstić information content (AvgIpc) is 2.84. The summed E-state index contributed by atoms with van der Waals surface area (Å²) >= 11 is 6.13. The summed E-state index contributed by atoms with van der Waals surface area (Å²) < 4.78 is 13.4. The Kier molecular flexibility index (Phi) is 3.59. The number of halogens is 2. The smallest absolute Gasteiger partial charge is 0.133 e. The molecule has 3 nitrogen and oxygen atoms in total. The molecule has 1 aromatic carbocycles. The predicted octanol–water partition coefficient (Wildman–Crippen LogP) is 3.29. The van der Waals surface area contributed by atoms with E-state index in [0.717, 1.165) is 35.7 Å². The molecule has 0 unspecified atom stereocenters. The molecule has 2 aromatic rings. The summed E-state index contributed by atoms with van der Waals surface area (Å²) in [5.41, 5.74) is 2.85. The Balaban J connectivity index is 1.99. The van der Waals surface area contributed by atoms with Gasteiger partial charge in [-0.1, -0.05) is 17.7 Å². The highest BCUT2D eigenvalue weighted by molar-refractivity contribution is 6.31. The van der Waals surface area contributed by atoms with Crippen molar-refractivity contribution in [2.45, 2.75) is 13.0 Å². The standard InChI is InChI=1S/C15H15ClFN3/c1-18-9-13-12(16)4-5-15(19-13)20-7-6-10-2-3-11(17)8-14(10)20/h2-5,8,18H,6-7,9H2,1H3. The van der Waals surface area contributed by atoms with Gasteiger partial charge in [0.1, 0.15) is 11.6 Å². The number of nitrogens with zero attached hydrogens (tertiary/aromatic N) is 2. The molecular formula is C15H15ClFN3. The summed E-state index contributed by atoms with van der Waals surface area (Å²) in [6, 6.07) is 8.63. The van der Waals surface area contributed by atoms with Crippen LogP contribution in [0.4, 0.5) is 15.9 Å². The molecule has 0 spiro atoms. The van der Waals surface area contributed by atoms with Crippen molar-refractivity contribution in [3.05, 3.63) is 52.4 Å². The lowest BCUT2D eigenvalue weighted by molar-refractivity contribution is 0.628. The van der Waals surface area contributed by atoms with Crippen molar-refractivity contribution in [2.24, 2.45) is 0 Å². The highest BCUT2D eigenvalue weighted by Gasteiger charge is 2.22. The Morgan fingerprint density at radius 2 is 2.20 bits per heavy atom. The summed E-state index contributed by atoms with van der Waals surface area (Å²) in [7, 11) is 1.85. The Morgan fingerprint density at radius 1 is 1.35 bits per heavy atom. The van der Waals surface area contributed by atoms with Crippen LogP contribution in [0.25, 0.3) is 0 Å². The zero-order chi connectivity index (χ0) is 14.1. The second-order valence-electron chi connectivity index (χ2n) is 4.80. The molecule has 5 heteroatoms. The molecule has 1 aliphatic heterocycles. The van der Waals surface area contributed by atoms with E-state index in [1.807, 2.05) is 30.1 Å². The lowest BCUT2D eigenvalue weighted by Crippen LogP contribution is -2.17. The Labute approximate surface area is 122 Å². The van der Waals surface area contributed by atoms with E-state index in [0.29, 0.717) is 11.6 Å². The van der Waals surface area contributed by atoms with Gasteiger partial charge >= 0.3 is 0 Å². The quantitative estimate of drug-likeness (QED) is 0.940. The van der Waals surface area contributed by atoms with Crippen LogP contribution in [-0.4, -0.2) is 18.6 Å². The van der Waals surface area contributed by atoms with Crippen molar-refractivity contribution in [3.63, 3.8) is 0 Å². The molecule has 0 saturated carbocycles. The fourth-order valence-electron chi connectivity index (χ4n) is 2.50. The topological polar surface area (TPSA) is 28.2 Å². The number of benzene rings is 1. The molecule has 2 heterocycles. The average molecular weight is 292 g/mol. The minimum absolute atomic E-state index is 0.222. The monoisotopic (exact) mass is 291 g/mol. The Morgan fingerprint density at radius 3 is 3.00 bits per heavy atom. The maximum atomic E-state index is 13.4. The number of aromatic nitrogens is 1. The molecule has 0 saturated heterocycles. The van der Waals surface area contributed by atoms with Gasteiger partial charge in [-0.2, -0.15) is 0 Å². The van der Waals surface area contributed by atoms with Gasteiger partial charge in [0.2, 0.25) is 0 Å². The van der Waals surface area contributed by atoms with Gasteiger partial charge in [-0.05, 0) is 43.3 Å². The number of nitrogens with one attached hydrogen (secondary N) is 1. The highest BCUT2D eigenvalue weighted by atomic mass is 35.5. The van der Waals surface area contributed by atoms with Crippen LogP contribution in [0.2, 0.25) is 5.02 Å². The molecular weight excluding hydrogens is 277 g/mol. The zero-order valence-corrected chi connectivity index (χ0v) is 11.9. The van der Waals surface area contributed by atoms with Gasteiger partial charge in [0.05, 0.1) is 10.7 Å². The molecule has 0 aliphatic carbocycles. The SMILES string of the molecule is CNCc1nc(N2CCc3ccc(F)cc32)ccc1Cl. The molecule has 104 valence electrons. The lowest BCUT2D eigenvalue weighted by Gasteiger charge is -2.19. The molecule has 1 N–H and O–H groups in total. The molecule has 1 aliphatic rings. The van der Waals surface area contributed by atoms with E-state index in [-0.39, 0.29) is 5.82 Å². The summed E-state index contributed by atoms with van der Waals surface area (Å²) in [5.74, 6) is 0.587. The maximum Gasteiger partial charge on any atom is 0.133 e. The van der Waals surface area contributed by atoms with Crippen LogP contribution in [0.15, 0.2) is 30.3 Å². The summed E-state index contributed by atoms with van der Waals surface area (Å²) in [5, 5.41) is 3.69. The summed E-state index contributed by atoms with van der Waals surface area (Å²) in [4.78, 5) is 6.62. The van der Waals surface area contributed by atoms with Crippen molar-refractivity contribution in [1.29, 1.82) is 0 Å². The van der Waals surface area contributed by atoms with E-state index in [1.54, 1.807) is 6.07 Å². The molecule has 0 amide bonds. The van der Waals surface area contributed by atoms with Gasteiger partial charge < -0.3 is 10.2 Å².